The Morgan fingerprint density at radius 1 is 1.07 bits per heavy atom. The molecule has 1 aliphatic heterocycles. The van der Waals surface area contributed by atoms with Gasteiger partial charge in [0.05, 0.1) is 16.3 Å². The molecule has 0 spiro atoms. The Labute approximate surface area is 168 Å². The lowest BCUT2D eigenvalue weighted by Crippen LogP contribution is -2.37. The van der Waals surface area contributed by atoms with Gasteiger partial charge in [0.1, 0.15) is 0 Å². The summed E-state index contributed by atoms with van der Waals surface area (Å²) in [7, 11) is 0. The molecule has 0 aromatic carbocycles. The van der Waals surface area contributed by atoms with E-state index in [1.165, 1.54) is 49.9 Å². The lowest BCUT2D eigenvalue weighted by Gasteiger charge is -2.28. The fourth-order valence-electron chi connectivity index (χ4n) is 4.00. The van der Waals surface area contributed by atoms with E-state index in [4.69, 9.17) is 0 Å². The molecular weight excluding hydrogens is 387 g/mol. The molecule has 0 N–H and O–H groups in total. The monoisotopic (exact) mass is 415 g/mol. The van der Waals surface area contributed by atoms with Crippen LogP contribution in [0.3, 0.4) is 0 Å². The lowest BCUT2D eigenvalue weighted by molar-refractivity contribution is -0.138. The summed E-state index contributed by atoms with van der Waals surface area (Å²) >= 11 is 1.19. The van der Waals surface area contributed by atoms with Crippen LogP contribution < -0.4 is 0 Å². The van der Waals surface area contributed by atoms with Crippen molar-refractivity contribution in [3.05, 3.63) is 23.9 Å². The molecule has 8 heteroatoms. The van der Waals surface area contributed by atoms with Gasteiger partial charge in [-0.05, 0) is 43.9 Å². The number of thioether (sulfide) groups is 1. The molecule has 1 aromatic rings. The van der Waals surface area contributed by atoms with Gasteiger partial charge in [-0.25, -0.2) is 4.98 Å². The molecule has 0 bridgehead atoms. The maximum atomic E-state index is 12.6. The minimum Gasteiger partial charge on any atom is -0.341 e. The zero-order valence-electron chi connectivity index (χ0n) is 16.1. The van der Waals surface area contributed by atoms with E-state index in [1.54, 1.807) is 0 Å². The fourth-order valence-corrected chi connectivity index (χ4v) is 4.74. The second-order valence-corrected chi connectivity index (χ2v) is 8.71. The van der Waals surface area contributed by atoms with E-state index in [0.29, 0.717) is 5.03 Å². The normalized spacial score (nSPS) is 20.2. The molecule has 1 aromatic heterocycles. The molecule has 2 fully saturated rings. The van der Waals surface area contributed by atoms with Crippen LogP contribution in [-0.2, 0) is 11.0 Å². The van der Waals surface area contributed by atoms with Crippen molar-refractivity contribution in [2.45, 2.75) is 49.7 Å². The van der Waals surface area contributed by atoms with Crippen LogP contribution >= 0.6 is 11.8 Å². The molecule has 0 radical (unpaired) electrons. The van der Waals surface area contributed by atoms with E-state index in [2.05, 4.69) is 9.88 Å². The molecule has 1 saturated carbocycles. The zero-order valence-corrected chi connectivity index (χ0v) is 16.9. The standard InChI is InChI=1S/C20H28F3N3OS/c21-20(22,23)17-7-8-18(24-13-17)28-15-19(27)26-10-4-9-25(11-12-26)14-16-5-2-1-3-6-16/h7-8,13,16H,1-6,9-12,14-15H2. The van der Waals surface area contributed by atoms with Crippen molar-refractivity contribution in [3.63, 3.8) is 0 Å². The molecule has 3 rings (SSSR count). The molecule has 1 saturated heterocycles. The number of pyridine rings is 1. The Balaban J connectivity index is 1.43. The van der Waals surface area contributed by atoms with Gasteiger partial charge < -0.3 is 9.80 Å². The largest absolute Gasteiger partial charge is 0.417 e. The molecule has 156 valence electrons. The SMILES string of the molecule is O=C(CSc1ccc(C(F)(F)F)cn1)N1CCCN(CC2CCCCC2)CC1. The summed E-state index contributed by atoms with van der Waals surface area (Å²) < 4.78 is 37.7. The van der Waals surface area contributed by atoms with Crippen molar-refractivity contribution >= 4 is 17.7 Å². The highest BCUT2D eigenvalue weighted by molar-refractivity contribution is 7.99. The van der Waals surface area contributed by atoms with Crippen molar-refractivity contribution in [3.8, 4) is 0 Å². The number of aromatic nitrogens is 1. The Bertz CT molecular complexity index is 633. The van der Waals surface area contributed by atoms with E-state index >= 15 is 0 Å². The van der Waals surface area contributed by atoms with E-state index in [-0.39, 0.29) is 11.7 Å². The van der Waals surface area contributed by atoms with Crippen molar-refractivity contribution in [1.29, 1.82) is 0 Å². The number of carbonyl (C=O) groups is 1. The van der Waals surface area contributed by atoms with E-state index in [1.807, 2.05) is 4.90 Å². The highest BCUT2D eigenvalue weighted by Gasteiger charge is 2.30. The minimum atomic E-state index is -4.39. The van der Waals surface area contributed by atoms with Crippen molar-refractivity contribution < 1.29 is 18.0 Å². The van der Waals surface area contributed by atoms with Gasteiger partial charge in [0.2, 0.25) is 5.91 Å². The van der Waals surface area contributed by atoms with Crippen molar-refractivity contribution in [2.75, 3.05) is 38.5 Å². The summed E-state index contributed by atoms with van der Waals surface area (Å²) in [5.41, 5.74) is -0.770. The summed E-state index contributed by atoms with van der Waals surface area (Å²) in [6, 6.07) is 2.34. The van der Waals surface area contributed by atoms with E-state index in [0.717, 1.165) is 57.3 Å². The molecule has 0 unspecified atom stereocenters. The summed E-state index contributed by atoms with van der Waals surface area (Å²) in [5, 5.41) is 0.440. The van der Waals surface area contributed by atoms with E-state index < -0.39 is 11.7 Å². The average Bonchev–Trinajstić information content (AvgIpc) is 2.92. The zero-order chi connectivity index (χ0) is 20.0. The second kappa shape index (κ2) is 9.96. The summed E-state index contributed by atoms with van der Waals surface area (Å²) in [6.45, 7) is 4.57. The van der Waals surface area contributed by atoms with Gasteiger partial charge in [-0.2, -0.15) is 13.2 Å². The first-order valence-corrected chi connectivity index (χ1v) is 11.1. The number of alkyl halides is 3. The number of nitrogens with zero attached hydrogens (tertiary/aromatic N) is 3. The number of hydrogen-bond donors (Lipinski definition) is 0. The maximum Gasteiger partial charge on any atom is 0.417 e. The molecule has 2 heterocycles. The molecule has 4 nitrogen and oxygen atoms in total. The Morgan fingerprint density at radius 2 is 1.86 bits per heavy atom. The van der Waals surface area contributed by atoms with Crippen LogP contribution in [0.25, 0.3) is 0 Å². The molecule has 28 heavy (non-hydrogen) atoms. The third-order valence-corrected chi connectivity index (χ3v) is 6.52. The summed E-state index contributed by atoms with van der Waals surface area (Å²) in [4.78, 5) is 20.7. The first-order valence-electron chi connectivity index (χ1n) is 10.1. The van der Waals surface area contributed by atoms with Gasteiger partial charge in [-0.15, -0.1) is 0 Å². The van der Waals surface area contributed by atoms with Crippen molar-refractivity contribution in [1.82, 2.24) is 14.8 Å². The van der Waals surface area contributed by atoms with Crippen LogP contribution in [0.1, 0.15) is 44.1 Å². The maximum absolute atomic E-state index is 12.6. The fraction of sp³-hybridized carbons (Fsp3) is 0.700. The summed E-state index contributed by atoms with van der Waals surface area (Å²) in [6.07, 6.45) is 4.12. The van der Waals surface area contributed by atoms with Gasteiger partial charge in [0.15, 0.2) is 0 Å². The number of amides is 1. The predicted octanol–water partition coefficient (Wildman–Crippen LogP) is 4.31. The van der Waals surface area contributed by atoms with Gasteiger partial charge >= 0.3 is 6.18 Å². The van der Waals surface area contributed by atoms with Crippen LogP contribution in [0.15, 0.2) is 23.4 Å². The quantitative estimate of drug-likeness (QED) is 0.672. The van der Waals surface area contributed by atoms with Gasteiger partial charge in [-0.3, -0.25) is 4.79 Å². The number of carbonyl (C=O) groups excluding carboxylic acids is 1. The van der Waals surface area contributed by atoms with Crippen LogP contribution in [-0.4, -0.2) is 59.2 Å². The van der Waals surface area contributed by atoms with Gasteiger partial charge in [0.25, 0.3) is 0 Å². The number of halogens is 3. The smallest absolute Gasteiger partial charge is 0.341 e. The van der Waals surface area contributed by atoms with Crippen LogP contribution in [0.5, 0.6) is 0 Å². The first kappa shape index (κ1) is 21.4. The Kier molecular flexibility index (Phi) is 7.62. The number of hydrogen-bond acceptors (Lipinski definition) is 4. The van der Waals surface area contributed by atoms with E-state index in [9.17, 15) is 18.0 Å². The van der Waals surface area contributed by atoms with Crippen LogP contribution in [0, 0.1) is 5.92 Å². The van der Waals surface area contributed by atoms with Crippen LogP contribution in [0.2, 0.25) is 0 Å². The predicted molar refractivity (Wildman–Crippen MR) is 104 cm³/mol. The minimum absolute atomic E-state index is 0.0335. The molecule has 0 atom stereocenters. The Hall–Kier alpha value is -1.28. The topological polar surface area (TPSA) is 36.4 Å². The average molecular weight is 416 g/mol. The summed E-state index contributed by atoms with van der Waals surface area (Å²) in [5.74, 6) is 1.05. The molecule has 2 aliphatic rings. The first-order chi connectivity index (χ1) is 13.4. The molecule has 1 aliphatic carbocycles. The van der Waals surface area contributed by atoms with Crippen molar-refractivity contribution in [2.24, 2.45) is 5.92 Å². The van der Waals surface area contributed by atoms with Gasteiger partial charge in [0, 0.05) is 32.4 Å². The van der Waals surface area contributed by atoms with Crippen LogP contribution in [0.4, 0.5) is 13.2 Å². The number of rotatable bonds is 5. The van der Waals surface area contributed by atoms with Gasteiger partial charge in [-0.1, -0.05) is 31.0 Å². The Morgan fingerprint density at radius 3 is 2.54 bits per heavy atom. The molecular formula is C20H28F3N3OS. The lowest BCUT2D eigenvalue weighted by atomic mass is 9.89. The third kappa shape index (κ3) is 6.37. The molecule has 1 amide bonds. The second-order valence-electron chi connectivity index (χ2n) is 7.71. The third-order valence-electron chi connectivity index (χ3n) is 5.59. The highest BCUT2D eigenvalue weighted by Crippen LogP contribution is 2.29. The highest BCUT2D eigenvalue weighted by atomic mass is 32.2.